The van der Waals surface area contributed by atoms with Crippen LogP contribution in [0.3, 0.4) is 0 Å². The molecule has 31 heavy (non-hydrogen) atoms. The maximum Gasteiger partial charge on any atom is 0.300 e. The summed E-state index contributed by atoms with van der Waals surface area (Å²) in [4.78, 5) is 41.6. The van der Waals surface area contributed by atoms with Gasteiger partial charge in [0.25, 0.3) is 17.4 Å². The van der Waals surface area contributed by atoms with Gasteiger partial charge in [0.15, 0.2) is 0 Å². The number of pyridine rings is 1. The molecule has 1 atom stereocenters. The van der Waals surface area contributed by atoms with E-state index in [1.807, 2.05) is 0 Å². The quantitative estimate of drug-likeness (QED) is 0.215. The SMILES string of the molecule is O=C1C(=O)N(c2cccnc2)C(c2ccc([N+](=O)[O-])cc2)/C1=C(/O)c1ccc(Cl)cc1. The molecule has 3 aromatic rings. The van der Waals surface area contributed by atoms with Gasteiger partial charge >= 0.3 is 0 Å². The number of carbonyl (C=O) groups excluding carboxylic acids is 2. The number of anilines is 1. The van der Waals surface area contributed by atoms with Crippen molar-refractivity contribution >= 4 is 40.4 Å². The van der Waals surface area contributed by atoms with Crippen LogP contribution in [0.1, 0.15) is 17.2 Å². The van der Waals surface area contributed by atoms with Gasteiger partial charge < -0.3 is 5.11 Å². The molecule has 1 aliphatic heterocycles. The number of halogens is 1. The Bertz CT molecular complexity index is 1210. The molecule has 0 radical (unpaired) electrons. The van der Waals surface area contributed by atoms with Crippen LogP contribution < -0.4 is 4.90 Å². The van der Waals surface area contributed by atoms with E-state index in [2.05, 4.69) is 4.98 Å². The van der Waals surface area contributed by atoms with Gasteiger partial charge in [0.05, 0.1) is 28.4 Å². The number of hydrogen-bond donors (Lipinski definition) is 1. The van der Waals surface area contributed by atoms with E-state index in [0.29, 0.717) is 21.8 Å². The van der Waals surface area contributed by atoms with E-state index in [-0.39, 0.29) is 17.0 Å². The van der Waals surface area contributed by atoms with Gasteiger partial charge in [0, 0.05) is 28.9 Å². The normalized spacial score (nSPS) is 17.7. The summed E-state index contributed by atoms with van der Waals surface area (Å²) in [5, 5.41) is 22.4. The third-order valence-corrected chi connectivity index (χ3v) is 5.16. The first kappa shape index (κ1) is 20.2. The van der Waals surface area contributed by atoms with E-state index in [0.717, 1.165) is 0 Å². The number of ketones is 1. The van der Waals surface area contributed by atoms with Gasteiger partial charge in [-0.1, -0.05) is 11.6 Å². The highest BCUT2D eigenvalue weighted by Crippen LogP contribution is 2.42. The molecule has 1 unspecified atom stereocenters. The number of rotatable bonds is 4. The molecule has 8 nitrogen and oxygen atoms in total. The minimum Gasteiger partial charge on any atom is -0.507 e. The first-order chi connectivity index (χ1) is 14.9. The Balaban J connectivity index is 1.92. The summed E-state index contributed by atoms with van der Waals surface area (Å²) in [6.07, 6.45) is 2.94. The predicted octanol–water partition coefficient (Wildman–Crippen LogP) is 4.27. The molecule has 154 valence electrons. The molecular formula is C22H14ClN3O5. The zero-order valence-electron chi connectivity index (χ0n) is 15.8. The standard InChI is InChI=1S/C22H14ClN3O5/c23-15-7-3-14(4-8-15)20(27)18-19(13-5-9-16(10-6-13)26(30)31)25(22(29)21(18)28)17-2-1-11-24-12-17/h1-12,19,27H/b20-18-. The third-order valence-electron chi connectivity index (χ3n) is 4.91. The van der Waals surface area contributed by atoms with Crippen molar-refractivity contribution < 1.29 is 19.6 Å². The van der Waals surface area contributed by atoms with Crippen LogP contribution in [0, 0.1) is 10.1 Å². The topological polar surface area (TPSA) is 114 Å². The van der Waals surface area contributed by atoms with Crippen LogP contribution in [0.4, 0.5) is 11.4 Å². The van der Waals surface area contributed by atoms with Gasteiger partial charge in [-0.3, -0.25) is 29.6 Å². The summed E-state index contributed by atoms with van der Waals surface area (Å²) >= 11 is 5.91. The largest absolute Gasteiger partial charge is 0.507 e. The van der Waals surface area contributed by atoms with Crippen molar-refractivity contribution in [3.63, 3.8) is 0 Å². The maximum atomic E-state index is 13.0. The Morgan fingerprint density at radius 3 is 2.32 bits per heavy atom. The molecule has 1 amide bonds. The molecule has 0 aliphatic carbocycles. The summed E-state index contributed by atoms with van der Waals surface area (Å²) in [5.74, 6) is -2.09. The highest BCUT2D eigenvalue weighted by molar-refractivity contribution is 6.51. The molecule has 1 aromatic heterocycles. The molecule has 9 heteroatoms. The van der Waals surface area contributed by atoms with E-state index < -0.39 is 22.7 Å². The number of amides is 1. The lowest BCUT2D eigenvalue weighted by Gasteiger charge is -2.25. The second-order valence-corrected chi connectivity index (χ2v) is 7.17. The number of benzene rings is 2. The molecule has 2 aromatic carbocycles. The smallest absolute Gasteiger partial charge is 0.300 e. The Kier molecular flexibility index (Phi) is 5.22. The van der Waals surface area contributed by atoms with Crippen molar-refractivity contribution in [3.8, 4) is 0 Å². The Morgan fingerprint density at radius 2 is 1.74 bits per heavy atom. The molecule has 1 saturated heterocycles. The summed E-state index contributed by atoms with van der Waals surface area (Å²) in [5.41, 5.74) is 0.803. The number of hydrogen-bond acceptors (Lipinski definition) is 6. The highest BCUT2D eigenvalue weighted by Gasteiger charge is 2.47. The zero-order chi connectivity index (χ0) is 22.1. The molecule has 1 fully saturated rings. The lowest BCUT2D eigenvalue weighted by atomic mass is 9.95. The summed E-state index contributed by atoms with van der Waals surface area (Å²) in [6.45, 7) is 0. The molecule has 1 aliphatic rings. The number of carbonyl (C=O) groups is 2. The molecular weight excluding hydrogens is 422 g/mol. The van der Waals surface area contributed by atoms with Crippen molar-refractivity contribution in [1.82, 2.24) is 4.98 Å². The molecule has 1 N–H and O–H groups in total. The summed E-state index contributed by atoms with van der Waals surface area (Å²) in [7, 11) is 0. The molecule has 0 bridgehead atoms. The molecule has 4 rings (SSSR count). The second kappa shape index (κ2) is 8.00. The highest BCUT2D eigenvalue weighted by atomic mass is 35.5. The minimum absolute atomic E-state index is 0.134. The first-order valence-corrected chi connectivity index (χ1v) is 9.47. The number of non-ortho nitro benzene ring substituents is 1. The van der Waals surface area contributed by atoms with Crippen molar-refractivity contribution in [2.24, 2.45) is 0 Å². The Morgan fingerprint density at radius 1 is 1.06 bits per heavy atom. The fraction of sp³-hybridized carbons (Fsp3) is 0.0455. The van der Waals surface area contributed by atoms with Crippen molar-refractivity contribution in [1.29, 1.82) is 0 Å². The summed E-state index contributed by atoms with van der Waals surface area (Å²) in [6, 6.07) is 13.8. The van der Waals surface area contributed by atoms with Crippen molar-refractivity contribution in [3.05, 3.63) is 105 Å². The number of nitro benzene ring substituents is 1. The number of Topliss-reactive ketones (excluding diaryl/α,β-unsaturated/α-hetero) is 1. The van der Waals surface area contributed by atoms with Crippen LogP contribution in [-0.4, -0.2) is 26.7 Å². The maximum absolute atomic E-state index is 13.0. The van der Waals surface area contributed by atoms with Crippen LogP contribution in [0.5, 0.6) is 0 Å². The lowest BCUT2D eigenvalue weighted by Crippen LogP contribution is -2.29. The fourth-order valence-corrected chi connectivity index (χ4v) is 3.58. The van der Waals surface area contributed by atoms with Crippen LogP contribution in [0.15, 0.2) is 78.6 Å². The van der Waals surface area contributed by atoms with Crippen LogP contribution in [-0.2, 0) is 9.59 Å². The van der Waals surface area contributed by atoms with Gasteiger partial charge in [-0.15, -0.1) is 0 Å². The van der Waals surface area contributed by atoms with E-state index in [1.54, 1.807) is 24.3 Å². The minimum atomic E-state index is -0.999. The predicted molar refractivity (Wildman–Crippen MR) is 114 cm³/mol. The van der Waals surface area contributed by atoms with E-state index in [9.17, 15) is 24.8 Å². The van der Waals surface area contributed by atoms with E-state index in [1.165, 1.54) is 53.7 Å². The summed E-state index contributed by atoms with van der Waals surface area (Å²) < 4.78 is 0. The van der Waals surface area contributed by atoms with Crippen molar-refractivity contribution in [2.75, 3.05) is 4.90 Å². The van der Waals surface area contributed by atoms with E-state index in [4.69, 9.17) is 11.6 Å². The third kappa shape index (κ3) is 3.64. The number of aliphatic hydroxyl groups excluding tert-OH is 1. The second-order valence-electron chi connectivity index (χ2n) is 6.74. The van der Waals surface area contributed by atoms with Crippen LogP contribution in [0.2, 0.25) is 5.02 Å². The monoisotopic (exact) mass is 435 g/mol. The van der Waals surface area contributed by atoms with Gasteiger partial charge in [-0.25, -0.2) is 0 Å². The number of nitrogens with zero attached hydrogens (tertiary/aromatic N) is 3. The van der Waals surface area contributed by atoms with Gasteiger partial charge in [0.1, 0.15) is 5.76 Å². The van der Waals surface area contributed by atoms with Crippen molar-refractivity contribution in [2.45, 2.75) is 6.04 Å². The molecule has 2 heterocycles. The fourth-order valence-electron chi connectivity index (χ4n) is 3.45. The average molecular weight is 436 g/mol. The van der Waals surface area contributed by atoms with Gasteiger partial charge in [-0.2, -0.15) is 0 Å². The van der Waals surface area contributed by atoms with Gasteiger partial charge in [-0.05, 0) is 54.1 Å². The lowest BCUT2D eigenvalue weighted by molar-refractivity contribution is -0.384. The Hall–Kier alpha value is -4.04. The zero-order valence-corrected chi connectivity index (χ0v) is 16.6. The average Bonchev–Trinajstić information content (AvgIpc) is 3.05. The van der Waals surface area contributed by atoms with Gasteiger partial charge in [0.2, 0.25) is 0 Å². The van der Waals surface area contributed by atoms with Crippen LogP contribution in [0.25, 0.3) is 5.76 Å². The number of aliphatic hydroxyl groups is 1. The molecule has 0 saturated carbocycles. The Labute approximate surface area is 181 Å². The van der Waals surface area contributed by atoms with E-state index >= 15 is 0 Å². The number of aromatic nitrogens is 1. The molecule has 0 spiro atoms. The number of nitro groups is 1. The van der Waals surface area contributed by atoms with Crippen LogP contribution >= 0.6 is 11.6 Å². The first-order valence-electron chi connectivity index (χ1n) is 9.10.